The Hall–Kier alpha value is -1.25. The second-order valence-electron chi connectivity index (χ2n) is 6.54. The summed E-state index contributed by atoms with van der Waals surface area (Å²) in [5.74, 6) is 0. The molecule has 170 valence electrons. The molecule has 0 bridgehead atoms. The van der Waals surface area contributed by atoms with Crippen molar-refractivity contribution in [1.82, 2.24) is 0 Å². The van der Waals surface area contributed by atoms with E-state index < -0.39 is 17.6 Å². The minimum atomic E-state index is -2.50. The minimum Gasteiger partial charge on any atom is -0.377 e. The number of benzene rings is 1. The van der Waals surface area contributed by atoms with Gasteiger partial charge in [0.25, 0.3) is 0 Å². The highest BCUT2D eigenvalue weighted by atomic mass is 28.4. The Morgan fingerprint density at radius 2 is 0.900 bits per heavy atom. The molecule has 1 aromatic rings. The van der Waals surface area contributed by atoms with E-state index in [2.05, 4.69) is 9.98 Å². The molecule has 10 heteroatoms. The van der Waals surface area contributed by atoms with Crippen molar-refractivity contribution in [2.75, 3.05) is 55.7 Å². The van der Waals surface area contributed by atoms with Gasteiger partial charge in [-0.3, -0.25) is 9.98 Å². The lowest BCUT2D eigenvalue weighted by Gasteiger charge is -2.23. The summed E-state index contributed by atoms with van der Waals surface area (Å²) in [6.45, 7) is 1.40. The van der Waals surface area contributed by atoms with E-state index in [-0.39, 0.29) is 0 Å². The summed E-state index contributed by atoms with van der Waals surface area (Å²) in [4.78, 5) is 8.95. The van der Waals surface area contributed by atoms with Gasteiger partial charge in [0.2, 0.25) is 0 Å². The van der Waals surface area contributed by atoms with Crippen molar-refractivity contribution in [2.45, 2.75) is 24.9 Å². The van der Waals surface area contributed by atoms with Gasteiger partial charge in [0.05, 0.1) is 0 Å². The van der Waals surface area contributed by atoms with Crippen molar-refractivity contribution < 1.29 is 26.6 Å². The molecule has 0 fully saturated rings. The summed E-state index contributed by atoms with van der Waals surface area (Å²) in [5, 5.41) is 0. The third-order valence-electron chi connectivity index (χ3n) is 4.82. The van der Waals surface area contributed by atoms with Crippen molar-refractivity contribution >= 4 is 30.0 Å². The SMILES string of the molecule is CO[Si](CCC/N=C\c1ccc(/C=N\CCC[Si](OC)(OC)OC)cc1)(OC)OC. The molecule has 30 heavy (non-hydrogen) atoms. The van der Waals surface area contributed by atoms with E-state index in [9.17, 15) is 0 Å². The van der Waals surface area contributed by atoms with E-state index in [0.29, 0.717) is 13.1 Å². The summed E-state index contributed by atoms with van der Waals surface area (Å²) >= 11 is 0. The molecule has 0 aliphatic carbocycles. The molecular weight excluding hydrogens is 420 g/mol. The zero-order chi connectivity index (χ0) is 22.3. The first-order valence-electron chi connectivity index (χ1n) is 9.93. The molecule has 0 N–H and O–H groups in total. The molecule has 0 heterocycles. The van der Waals surface area contributed by atoms with Crippen LogP contribution >= 0.6 is 0 Å². The normalized spacial score (nSPS) is 13.0. The second kappa shape index (κ2) is 14.7. The van der Waals surface area contributed by atoms with Gasteiger partial charge in [-0.15, -0.1) is 0 Å². The summed E-state index contributed by atoms with van der Waals surface area (Å²) in [6, 6.07) is 9.60. The molecule has 0 aliphatic rings. The Kier molecular flexibility index (Phi) is 13.1. The Morgan fingerprint density at radius 1 is 0.600 bits per heavy atom. The molecule has 1 rings (SSSR count). The predicted octanol–water partition coefficient (Wildman–Crippen LogP) is 3.06. The van der Waals surface area contributed by atoms with E-state index in [1.54, 1.807) is 42.7 Å². The van der Waals surface area contributed by atoms with Crippen molar-refractivity contribution in [3.63, 3.8) is 0 Å². The molecule has 0 radical (unpaired) electrons. The Bertz CT molecular complexity index is 563. The maximum absolute atomic E-state index is 5.41. The first kappa shape index (κ1) is 26.8. The van der Waals surface area contributed by atoms with Crippen LogP contribution in [-0.4, -0.2) is 85.8 Å². The average Bonchev–Trinajstić information content (AvgIpc) is 2.80. The fraction of sp³-hybridized carbons (Fsp3) is 0.600. The van der Waals surface area contributed by atoms with Crippen LogP contribution in [0.25, 0.3) is 0 Å². The molecule has 8 nitrogen and oxygen atoms in total. The Balaban J connectivity index is 2.39. The average molecular weight is 457 g/mol. The number of aliphatic imine (C=N–C) groups is 2. The third kappa shape index (κ3) is 8.86. The van der Waals surface area contributed by atoms with Gasteiger partial charge < -0.3 is 26.6 Å². The molecule has 0 spiro atoms. The minimum absolute atomic E-state index is 0.698. The van der Waals surface area contributed by atoms with E-state index in [0.717, 1.165) is 36.1 Å². The monoisotopic (exact) mass is 456 g/mol. The third-order valence-corrected chi connectivity index (χ3v) is 10.5. The fourth-order valence-electron chi connectivity index (χ4n) is 2.89. The first-order valence-corrected chi connectivity index (χ1v) is 13.8. The van der Waals surface area contributed by atoms with Crippen LogP contribution in [0.2, 0.25) is 12.1 Å². The van der Waals surface area contributed by atoms with E-state index >= 15 is 0 Å². The maximum Gasteiger partial charge on any atom is 0.500 e. The first-order chi connectivity index (χ1) is 14.5. The smallest absolute Gasteiger partial charge is 0.377 e. The highest BCUT2D eigenvalue weighted by Gasteiger charge is 2.37. The van der Waals surface area contributed by atoms with Gasteiger partial charge in [0, 0.05) is 80.3 Å². The van der Waals surface area contributed by atoms with Crippen LogP contribution in [0.15, 0.2) is 34.3 Å². The fourth-order valence-corrected chi connectivity index (χ4v) is 6.30. The van der Waals surface area contributed by atoms with Crippen molar-refractivity contribution in [2.24, 2.45) is 9.98 Å². The molecule has 0 aliphatic heterocycles. The van der Waals surface area contributed by atoms with E-state index in [1.165, 1.54) is 0 Å². The summed E-state index contributed by atoms with van der Waals surface area (Å²) in [5.41, 5.74) is 2.11. The van der Waals surface area contributed by atoms with Gasteiger partial charge in [-0.05, 0) is 24.0 Å². The van der Waals surface area contributed by atoms with E-state index in [1.807, 2.05) is 36.7 Å². The van der Waals surface area contributed by atoms with Crippen LogP contribution in [0.5, 0.6) is 0 Å². The predicted molar refractivity (Wildman–Crippen MR) is 124 cm³/mol. The molecule has 0 saturated carbocycles. The lowest BCUT2D eigenvalue weighted by atomic mass is 10.1. The van der Waals surface area contributed by atoms with Gasteiger partial charge in [0.15, 0.2) is 0 Å². The number of hydrogen-bond donors (Lipinski definition) is 0. The van der Waals surface area contributed by atoms with Crippen LogP contribution in [0, 0.1) is 0 Å². The van der Waals surface area contributed by atoms with Crippen LogP contribution < -0.4 is 0 Å². The molecule has 0 saturated heterocycles. The number of nitrogens with zero attached hydrogens (tertiary/aromatic N) is 2. The van der Waals surface area contributed by atoms with Crippen LogP contribution in [0.4, 0.5) is 0 Å². The lowest BCUT2D eigenvalue weighted by molar-refractivity contribution is 0.122. The van der Waals surface area contributed by atoms with Crippen LogP contribution in [0.3, 0.4) is 0 Å². The summed E-state index contributed by atoms with van der Waals surface area (Å²) in [7, 11) is 4.76. The highest BCUT2D eigenvalue weighted by molar-refractivity contribution is 6.60. The molecular formula is C20H36N2O6Si2. The second-order valence-corrected chi connectivity index (χ2v) is 12.7. The lowest BCUT2D eigenvalue weighted by Crippen LogP contribution is -2.42. The topological polar surface area (TPSA) is 80.1 Å². The van der Waals surface area contributed by atoms with Gasteiger partial charge >= 0.3 is 17.6 Å². The van der Waals surface area contributed by atoms with Gasteiger partial charge in [0.1, 0.15) is 0 Å². The number of rotatable bonds is 16. The maximum atomic E-state index is 5.41. The van der Waals surface area contributed by atoms with Gasteiger partial charge in [-0.2, -0.15) is 0 Å². The zero-order valence-corrected chi connectivity index (χ0v) is 21.1. The highest BCUT2D eigenvalue weighted by Crippen LogP contribution is 2.15. The summed E-state index contributed by atoms with van der Waals surface area (Å²) in [6.07, 6.45) is 5.45. The Morgan fingerprint density at radius 3 is 1.17 bits per heavy atom. The van der Waals surface area contributed by atoms with Crippen LogP contribution in [-0.2, 0) is 26.6 Å². The van der Waals surface area contributed by atoms with Gasteiger partial charge in [-0.25, -0.2) is 0 Å². The largest absolute Gasteiger partial charge is 0.500 e. The molecule has 1 aromatic carbocycles. The molecule has 0 aromatic heterocycles. The van der Waals surface area contributed by atoms with Crippen molar-refractivity contribution in [3.8, 4) is 0 Å². The quantitative estimate of drug-likeness (QED) is 0.216. The standard InChI is InChI=1S/C20H36N2O6Si2/c1-23-29(24-2,25-3)15-7-13-21-17-19-9-11-20(12-10-19)18-22-14-8-16-30(26-4,27-5)28-6/h9-12,17-18H,7-8,13-16H2,1-6H3/b21-17-,22-18-. The Labute approximate surface area is 183 Å². The van der Waals surface area contributed by atoms with Gasteiger partial charge in [-0.1, -0.05) is 24.3 Å². The van der Waals surface area contributed by atoms with Crippen molar-refractivity contribution in [3.05, 3.63) is 35.4 Å². The zero-order valence-electron chi connectivity index (χ0n) is 19.1. The van der Waals surface area contributed by atoms with Crippen LogP contribution in [0.1, 0.15) is 24.0 Å². The summed E-state index contributed by atoms with van der Waals surface area (Å²) < 4.78 is 32.5. The molecule has 0 atom stereocenters. The van der Waals surface area contributed by atoms with Crippen molar-refractivity contribution in [1.29, 1.82) is 0 Å². The number of hydrogen-bond acceptors (Lipinski definition) is 8. The van der Waals surface area contributed by atoms with E-state index in [4.69, 9.17) is 26.6 Å². The molecule has 0 amide bonds. The molecule has 0 unspecified atom stereocenters.